The Bertz CT molecular complexity index is 339. The first-order valence-electron chi connectivity index (χ1n) is 4.03. The Hall–Kier alpha value is -0.840. The van der Waals surface area contributed by atoms with Gasteiger partial charge >= 0.3 is 5.97 Å². The SMILES string of the molecule is CS(=O)(=O)C1CCC/C1=C\C(=O)O. The number of sulfone groups is 1. The maximum Gasteiger partial charge on any atom is 0.328 e. The third-order valence-electron chi connectivity index (χ3n) is 2.17. The Morgan fingerprint density at radius 3 is 2.69 bits per heavy atom. The van der Waals surface area contributed by atoms with Gasteiger partial charge in [0.05, 0.1) is 5.25 Å². The maximum absolute atomic E-state index is 11.2. The van der Waals surface area contributed by atoms with Crippen LogP contribution in [0.4, 0.5) is 0 Å². The Labute approximate surface area is 77.2 Å². The van der Waals surface area contributed by atoms with Gasteiger partial charge in [-0.05, 0) is 24.8 Å². The van der Waals surface area contributed by atoms with Crippen LogP contribution in [-0.2, 0) is 14.6 Å². The smallest absolute Gasteiger partial charge is 0.328 e. The van der Waals surface area contributed by atoms with Crippen molar-refractivity contribution in [3.8, 4) is 0 Å². The summed E-state index contributed by atoms with van der Waals surface area (Å²) < 4.78 is 22.4. The van der Waals surface area contributed by atoms with Crippen molar-refractivity contribution in [2.45, 2.75) is 24.5 Å². The summed E-state index contributed by atoms with van der Waals surface area (Å²) in [6.07, 6.45) is 4.08. The monoisotopic (exact) mass is 204 g/mol. The summed E-state index contributed by atoms with van der Waals surface area (Å²) in [6.45, 7) is 0. The first-order valence-corrected chi connectivity index (χ1v) is 5.99. The zero-order chi connectivity index (χ0) is 10.1. The molecule has 1 aliphatic rings. The summed E-state index contributed by atoms with van der Waals surface area (Å²) in [5, 5.41) is 7.92. The molecular weight excluding hydrogens is 192 g/mol. The van der Waals surface area contributed by atoms with E-state index in [-0.39, 0.29) is 0 Å². The molecule has 0 bridgehead atoms. The van der Waals surface area contributed by atoms with E-state index in [9.17, 15) is 13.2 Å². The third-order valence-corrected chi connectivity index (χ3v) is 3.74. The van der Waals surface area contributed by atoms with Gasteiger partial charge in [0.15, 0.2) is 9.84 Å². The van der Waals surface area contributed by atoms with Crippen LogP contribution in [0.1, 0.15) is 19.3 Å². The molecule has 1 saturated carbocycles. The minimum atomic E-state index is -3.13. The van der Waals surface area contributed by atoms with E-state index >= 15 is 0 Å². The Morgan fingerprint density at radius 1 is 1.62 bits per heavy atom. The maximum atomic E-state index is 11.2. The molecule has 13 heavy (non-hydrogen) atoms. The van der Waals surface area contributed by atoms with Crippen LogP contribution in [0.15, 0.2) is 11.6 Å². The molecule has 74 valence electrons. The predicted molar refractivity (Wildman–Crippen MR) is 48.2 cm³/mol. The van der Waals surface area contributed by atoms with Gasteiger partial charge in [-0.1, -0.05) is 0 Å². The normalized spacial score (nSPS) is 26.5. The topological polar surface area (TPSA) is 71.4 Å². The molecule has 0 aromatic rings. The highest BCUT2D eigenvalue weighted by atomic mass is 32.2. The van der Waals surface area contributed by atoms with Crippen LogP contribution in [0.25, 0.3) is 0 Å². The fraction of sp³-hybridized carbons (Fsp3) is 0.625. The molecule has 5 heteroatoms. The highest BCUT2D eigenvalue weighted by Gasteiger charge is 2.29. The molecule has 0 saturated heterocycles. The summed E-state index contributed by atoms with van der Waals surface area (Å²) >= 11 is 0. The Kier molecular flexibility index (Phi) is 2.75. The van der Waals surface area contributed by atoms with Gasteiger partial charge in [-0.15, -0.1) is 0 Å². The van der Waals surface area contributed by atoms with Gasteiger partial charge in [0.1, 0.15) is 0 Å². The van der Waals surface area contributed by atoms with Crippen LogP contribution in [0.2, 0.25) is 0 Å². The van der Waals surface area contributed by atoms with Crippen LogP contribution in [-0.4, -0.2) is 31.0 Å². The molecule has 1 fully saturated rings. The minimum absolute atomic E-state index is 0.537. The zero-order valence-corrected chi connectivity index (χ0v) is 8.17. The standard InChI is InChI=1S/C8H12O4S/c1-13(11,12)7-4-2-3-6(7)5-8(9)10/h5,7H,2-4H2,1H3,(H,9,10)/b6-5+. The molecule has 1 aliphatic carbocycles. The van der Waals surface area contributed by atoms with Gasteiger partial charge < -0.3 is 5.11 Å². The fourth-order valence-corrected chi connectivity index (χ4v) is 2.98. The highest BCUT2D eigenvalue weighted by Crippen LogP contribution is 2.29. The van der Waals surface area contributed by atoms with Crippen LogP contribution in [0.3, 0.4) is 0 Å². The Balaban J connectivity index is 2.95. The van der Waals surface area contributed by atoms with Crippen molar-refractivity contribution in [2.24, 2.45) is 0 Å². The quantitative estimate of drug-likeness (QED) is 0.668. The van der Waals surface area contributed by atoms with Gasteiger partial charge in [0.2, 0.25) is 0 Å². The third kappa shape index (κ3) is 2.55. The van der Waals surface area contributed by atoms with Crippen molar-refractivity contribution >= 4 is 15.8 Å². The number of aliphatic carboxylic acids is 1. The number of carbonyl (C=O) groups is 1. The summed E-state index contributed by atoms with van der Waals surface area (Å²) in [4.78, 5) is 10.4. The largest absolute Gasteiger partial charge is 0.478 e. The summed E-state index contributed by atoms with van der Waals surface area (Å²) in [6, 6.07) is 0. The molecule has 1 atom stereocenters. The fourth-order valence-electron chi connectivity index (χ4n) is 1.65. The molecule has 4 nitrogen and oxygen atoms in total. The molecule has 1 unspecified atom stereocenters. The molecule has 0 aromatic heterocycles. The number of hydrogen-bond acceptors (Lipinski definition) is 3. The van der Waals surface area contributed by atoms with Crippen molar-refractivity contribution in [1.82, 2.24) is 0 Å². The molecule has 0 radical (unpaired) electrons. The number of carboxylic acids is 1. The van der Waals surface area contributed by atoms with Crippen LogP contribution < -0.4 is 0 Å². The lowest BCUT2D eigenvalue weighted by Crippen LogP contribution is -2.18. The lowest BCUT2D eigenvalue weighted by atomic mass is 10.2. The summed E-state index contributed by atoms with van der Waals surface area (Å²) in [5.41, 5.74) is 0.537. The molecule has 1 N–H and O–H groups in total. The van der Waals surface area contributed by atoms with Crippen molar-refractivity contribution in [3.63, 3.8) is 0 Å². The number of rotatable bonds is 2. The second kappa shape index (κ2) is 3.49. The van der Waals surface area contributed by atoms with Crippen molar-refractivity contribution in [3.05, 3.63) is 11.6 Å². The molecule has 0 aromatic carbocycles. The van der Waals surface area contributed by atoms with E-state index < -0.39 is 21.1 Å². The van der Waals surface area contributed by atoms with Crippen molar-refractivity contribution < 1.29 is 18.3 Å². The van der Waals surface area contributed by atoms with Crippen molar-refractivity contribution in [2.75, 3.05) is 6.26 Å². The molecular formula is C8H12O4S. The predicted octanol–water partition coefficient (Wildman–Crippen LogP) is 0.595. The molecule has 0 spiro atoms. The van der Waals surface area contributed by atoms with E-state index in [1.165, 1.54) is 0 Å². The minimum Gasteiger partial charge on any atom is -0.478 e. The van der Waals surface area contributed by atoms with Gasteiger partial charge in [0.25, 0.3) is 0 Å². The van der Waals surface area contributed by atoms with Crippen LogP contribution in [0, 0.1) is 0 Å². The second-order valence-electron chi connectivity index (χ2n) is 3.27. The van der Waals surface area contributed by atoms with Gasteiger partial charge in [-0.2, -0.15) is 0 Å². The highest BCUT2D eigenvalue weighted by molar-refractivity contribution is 7.91. The molecule has 0 amide bonds. The van der Waals surface area contributed by atoms with Crippen LogP contribution >= 0.6 is 0 Å². The van der Waals surface area contributed by atoms with E-state index in [1.807, 2.05) is 0 Å². The molecule has 0 heterocycles. The zero-order valence-electron chi connectivity index (χ0n) is 7.36. The molecule has 0 aliphatic heterocycles. The van der Waals surface area contributed by atoms with E-state index in [0.29, 0.717) is 18.4 Å². The number of hydrogen-bond donors (Lipinski definition) is 1. The van der Waals surface area contributed by atoms with Gasteiger partial charge in [-0.3, -0.25) is 0 Å². The van der Waals surface area contributed by atoms with Crippen molar-refractivity contribution in [1.29, 1.82) is 0 Å². The van der Waals surface area contributed by atoms with Gasteiger partial charge in [0, 0.05) is 12.3 Å². The molecule has 1 rings (SSSR count). The summed E-state index contributed by atoms with van der Waals surface area (Å²) in [5.74, 6) is -1.06. The Morgan fingerprint density at radius 2 is 2.23 bits per heavy atom. The average molecular weight is 204 g/mol. The van der Waals surface area contributed by atoms with E-state index in [1.54, 1.807) is 0 Å². The second-order valence-corrected chi connectivity index (χ2v) is 5.50. The average Bonchev–Trinajstić information content (AvgIpc) is 2.31. The lowest BCUT2D eigenvalue weighted by molar-refractivity contribution is -0.131. The van der Waals surface area contributed by atoms with E-state index in [4.69, 9.17) is 5.11 Å². The summed E-state index contributed by atoms with van der Waals surface area (Å²) in [7, 11) is -3.13. The van der Waals surface area contributed by atoms with Gasteiger partial charge in [-0.25, -0.2) is 13.2 Å². The van der Waals surface area contributed by atoms with E-state index in [2.05, 4.69) is 0 Å². The van der Waals surface area contributed by atoms with E-state index in [0.717, 1.165) is 18.8 Å². The van der Waals surface area contributed by atoms with Crippen LogP contribution in [0.5, 0.6) is 0 Å². The number of carboxylic acid groups (broad SMARTS) is 1. The first-order chi connectivity index (χ1) is 5.91. The lowest BCUT2D eigenvalue weighted by Gasteiger charge is -2.07. The first kappa shape index (κ1) is 10.2.